The van der Waals surface area contributed by atoms with Crippen LogP contribution in [0.25, 0.3) is 0 Å². The average Bonchev–Trinajstić information content (AvgIpc) is 2.40. The third kappa shape index (κ3) is 3.87. The normalized spacial score (nSPS) is 18.4. The molecule has 0 unspecified atom stereocenters. The molecule has 20 heavy (non-hydrogen) atoms. The quantitative estimate of drug-likeness (QED) is 0.919. The number of nitrogens with one attached hydrogen (secondary N) is 1. The molecule has 1 heterocycles. The van der Waals surface area contributed by atoms with Crippen LogP contribution >= 0.6 is 12.4 Å². The lowest BCUT2D eigenvalue weighted by atomic mass is 9.96. The molecule has 114 valence electrons. The third-order valence-corrected chi connectivity index (χ3v) is 3.60. The van der Waals surface area contributed by atoms with Gasteiger partial charge in [-0.15, -0.1) is 12.4 Å². The van der Waals surface area contributed by atoms with E-state index >= 15 is 0 Å². The SMILES string of the molecule is CC[C@@H](c1ccccc1C(F)(F)F)N1CCNCC1.Cl. The van der Waals surface area contributed by atoms with E-state index in [-0.39, 0.29) is 18.4 Å². The fraction of sp³-hybridized carbons (Fsp3) is 0.571. The number of alkyl halides is 3. The summed E-state index contributed by atoms with van der Waals surface area (Å²) >= 11 is 0. The zero-order valence-corrected chi connectivity index (χ0v) is 12.2. The molecule has 1 fully saturated rings. The molecular formula is C14H20ClF3N2. The van der Waals surface area contributed by atoms with Crippen LogP contribution in [0.3, 0.4) is 0 Å². The van der Waals surface area contributed by atoms with Crippen molar-refractivity contribution in [3.63, 3.8) is 0 Å². The number of nitrogens with zero attached hydrogens (tertiary/aromatic N) is 1. The maximum absolute atomic E-state index is 13.1. The molecule has 0 radical (unpaired) electrons. The second-order valence-corrected chi connectivity index (χ2v) is 4.80. The van der Waals surface area contributed by atoms with Gasteiger partial charge in [0.2, 0.25) is 0 Å². The molecule has 1 aromatic carbocycles. The molecule has 1 saturated heterocycles. The van der Waals surface area contributed by atoms with Crippen molar-refractivity contribution in [3.05, 3.63) is 35.4 Å². The van der Waals surface area contributed by atoms with Gasteiger partial charge in [0, 0.05) is 32.2 Å². The third-order valence-electron chi connectivity index (χ3n) is 3.60. The van der Waals surface area contributed by atoms with E-state index in [1.54, 1.807) is 12.1 Å². The van der Waals surface area contributed by atoms with Gasteiger partial charge < -0.3 is 5.32 Å². The maximum Gasteiger partial charge on any atom is 0.416 e. The fourth-order valence-corrected chi connectivity index (χ4v) is 2.71. The Kier molecular flexibility index (Phi) is 6.30. The number of benzene rings is 1. The molecular weight excluding hydrogens is 289 g/mol. The Morgan fingerprint density at radius 2 is 1.80 bits per heavy atom. The van der Waals surface area contributed by atoms with Crippen LogP contribution in [0.1, 0.15) is 30.5 Å². The molecule has 0 bridgehead atoms. The zero-order valence-electron chi connectivity index (χ0n) is 11.4. The van der Waals surface area contributed by atoms with Crippen LogP contribution in [0.15, 0.2) is 24.3 Å². The van der Waals surface area contributed by atoms with E-state index in [1.165, 1.54) is 12.1 Å². The number of halogens is 4. The Bertz CT molecular complexity index is 417. The summed E-state index contributed by atoms with van der Waals surface area (Å²) in [5.41, 5.74) is -0.0974. The minimum atomic E-state index is -4.28. The summed E-state index contributed by atoms with van der Waals surface area (Å²) in [4.78, 5) is 2.14. The van der Waals surface area contributed by atoms with Gasteiger partial charge in [0.05, 0.1) is 5.56 Å². The first-order valence-electron chi connectivity index (χ1n) is 6.65. The number of hydrogen-bond donors (Lipinski definition) is 1. The van der Waals surface area contributed by atoms with E-state index in [1.807, 2.05) is 6.92 Å². The van der Waals surface area contributed by atoms with Gasteiger partial charge in [-0.05, 0) is 18.1 Å². The monoisotopic (exact) mass is 308 g/mol. The van der Waals surface area contributed by atoms with Gasteiger partial charge in [-0.25, -0.2) is 0 Å². The predicted molar refractivity (Wildman–Crippen MR) is 76.2 cm³/mol. The molecule has 1 aliphatic heterocycles. The van der Waals surface area contributed by atoms with Crippen LogP contribution in [0.2, 0.25) is 0 Å². The summed E-state index contributed by atoms with van der Waals surface area (Å²) in [6.45, 7) is 5.21. The highest BCUT2D eigenvalue weighted by Crippen LogP contribution is 2.37. The highest BCUT2D eigenvalue weighted by atomic mass is 35.5. The Balaban J connectivity index is 0.00000200. The average molecular weight is 309 g/mol. The van der Waals surface area contributed by atoms with Crippen LogP contribution in [0.5, 0.6) is 0 Å². The van der Waals surface area contributed by atoms with Crippen molar-refractivity contribution in [2.75, 3.05) is 26.2 Å². The van der Waals surface area contributed by atoms with Crippen molar-refractivity contribution in [1.82, 2.24) is 10.2 Å². The van der Waals surface area contributed by atoms with Crippen molar-refractivity contribution in [3.8, 4) is 0 Å². The Morgan fingerprint density at radius 3 is 2.35 bits per heavy atom. The second-order valence-electron chi connectivity index (χ2n) is 4.80. The van der Waals surface area contributed by atoms with E-state index in [4.69, 9.17) is 0 Å². The maximum atomic E-state index is 13.1. The van der Waals surface area contributed by atoms with Crippen molar-refractivity contribution >= 4 is 12.4 Å². The van der Waals surface area contributed by atoms with Gasteiger partial charge in [0.1, 0.15) is 0 Å². The van der Waals surface area contributed by atoms with Crippen LogP contribution in [0.4, 0.5) is 13.2 Å². The highest BCUT2D eigenvalue weighted by molar-refractivity contribution is 5.85. The van der Waals surface area contributed by atoms with Gasteiger partial charge in [0.25, 0.3) is 0 Å². The van der Waals surface area contributed by atoms with Gasteiger partial charge in [0.15, 0.2) is 0 Å². The lowest BCUT2D eigenvalue weighted by Gasteiger charge is -2.35. The Morgan fingerprint density at radius 1 is 1.20 bits per heavy atom. The number of hydrogen-bond acceptors (Lipinski definition) is 2. The summed E-state index contributed by atoms with van der Waals surface area (Å²) in [7, 11) is 0. The highest BCUT2D eigenvalue weighted by Gasteiger charge is 2.35. The van der Waals surface area contributed by atoms with E-state index < -0.39 is 11.7 Å². The van der Waals surface area contributed by atoms with E-state index in [9.17, 15) is 13.2 Å². The number of piperazine rings is 1. The molecule has 1 atom stereocenters. The minimum absolute atomic E-state index is 0. The van der Waals surface area contributed by atoms with Crippen LogP contribution in [0, 0.1) is 0 Å². The van der Waals surface area contributed by atoms with Gasteiger partial charge in [-0.2, -0.15) is 13.2 Å². The van der Waals surface area contributed by atoms with Crippen molar-refractivity contribution < 1.29 is 13.2 Å². The first-order valence-corrected chi connectivity index (χ1v) is 6.65. The molecule has 0 aliphatic carbocycles. The van der Waals surface area contributed by atoms with Crippen molar-refractivity contribution in [2.24, 2.45) is 0 Å². The lowest BCUT2D eigenvalue weighted by Crippen LogP contribution is -2.45. The van der Waals surface area contributed by atoms with Gasteiger partial charge >= 0.3 is 6.18 Å². The molecule has 2 nitrogen and oxygen atoms in total. The summed E-state index contributed by atoms with van der Waals surface area (Å²) in [5.74, 6) is 0. The summed E-state index contributed by atoms with van der Waals surface area (Å²) in [6, 6.07) is 5.78. The largest absolute Gasteiger partial charge is 0.416 e. The molecule has 0 spiro atoms. The Labute approximate surface area is 123 Å². The molecule has 0 saturated carbocycles. The van der Waals surface area contributed by atoms with Crippen molar-refractivity contribution in [2.45, 2.75) is 25.6 Å². The summed E-state index contributed by atoms with van der Waals surface area (Å²) < 4.78 is 39.2. The van der Waals surface area contributed by atoms with Crippen LogP contribution < -0.4 is 5.32 Å². The molecule has 0 aromatic heterocycles. The topological polar surface area (TPSA) is 15.3 Å². The zero-order chi connectivity index (χ0) is 13.9. The van der Waals surface area contributed by atoms with Gasteiger partial charge in [-0.3, -0.25) is 4.90 Å². The summed E-state index contributed by atoms with van der Waals surface area (Å²) in [6.07, 6.45) is -3.59. The predicted octanol–water partition coefficient (Wildman–Crippen LogP) is 3.48. The number of rotatable bonds is 3. The first kappa shape index (κ1) is 17.3. The van der Waals surface area contributed by atoms with Crippen LogP contribution in [-0.2, 0) is 6.18 Å². The van der Waals surface area contributed by atoms with Crippen LogP contribution in [-0.4, -0.2) is 31.1 Å². The van der Waals surface area contributed by atoms with E-state index in [2.05, 4.69) is 10.2 Å². The lowest BCUT2D eigenvalue weighted by molar-refractivity contribution is -0.138. The van der Waals surface area contributed by atoms with E-state index in [0.717, 1.165) is 26.2 Å². The second kappa shape index (κ2) is 7.29. The molecule has 0 amide bonds. The minimum Gasteiger partial charge on any atom is -0.314 e. The standard InChI is InChI=1S/C14H19F3N2.ClH/c1-2-13(19-9-7-18-8-10-19)11-5-3-4-6-12(11)14(15,16)17;/h3-6,13,18H,2,7-10H2,1H3;1H/t13-;/m0./s1. The van der Waals surface area contributed by atoms with E-state index in [0.29, 0.717) is 12.0 Å². The molecule has 6 heteroatoms. The molecule has 2 rings (SSSR count). The first-order chi connectivity index (χ1) is 9.04. The van der Waals surface area contributed by atoms with Gasteiger partial charge in [-0.1, -0.05) is 25.1 Å². The fourth-order valence-electron chi connectivity index (χ4n) is 2.71. The molecule has 1 aliphatic rings. The molecule has 1 aromatic rings. The Hall–Kier alpha value is -0.780. The smallest absolute Gasteiger partial charge is 0.314 e. The van der Waals surface area contributed by atoms with Crippen molar-refractivity contribution in [1.29, 1.82) is 0 Å². The summed E-state index contributed by atoms with van der Waals surface area (Å²) in [5, 5.41) is 3.23. The molecule has 1 N–H and O–H groups in total.